The van der Waals surface area contributed by atoms with Gasteiger partial charge >= 0.3 is 6.18 Å². The molecule has 1 amide bonds. The van der Waals surface area contributed by atoms with Crippen molar-refractivity contribution in [3.8, 4) is 11.1 Å². The second kappa shape index (κ2) is 9.97. The number of halogens is 3. The lowest BCUT2D eigenvalue weighted by Crippen LogP contribution is -2.26. The van der Waals surface area contributed by atoms with Crippen LogP contribution in [0.4, 0.5) is 13.2 Å². The van der Waals surface area contributed by atoms with E-state index in [1.54, 1.807) is 31.4 Å². The Morgan fingerprint density at radius 3 is 2.59 bits per heavy atom. The first-order chi connectivity index (χ1) is 16.3. The Labute approximate surface area is 198 Å². The van der Waals surface area contributed by atoms with Gasteiger partial charge in [0.2, 0.25) is 0 Å². The van der Waals surface area contributed by atoms with Gasteiger partial charge in [0.05, 0.1) is 12.2 Å². The number of benzene rings is 3. The first-order valence-electron chi connectivity index (χ1n) is 10.5. The molecule has 34 heavy (non-hydrogen) atoms. The van der Waals surface area contributed by atoms with Crippen molar-refractivity contribution in [3.05, 3.63) is 94.4 Å². The van der Waals surface area contributed by atoms with Crippen molar-refractivity contribution in [3.63, 3.8) is 0 Å². The Morgan fingerprint density at radius 2 is 1.82 bits per heavy atom. The van der Waals surface area contributed by atoms with Gasteiger partial charge in [0, 0.05) is 28.8 Å². The number of thiophene rings is 1. The van der Waals surface area contributed by atoms with Crippen molar-refractivity contribution in [2.75, 3.05) is 20.3 Å². The number of carbonyl (C=O) groups is 1. The van der Waals surface area contributed by atoms with Crippen molar-refractivity contribution in [1.29, 1.82) is 0 Å². The smallest absolute Gasteiger partial charge is 0.383 e. The molecule has 2 N–H and O–H groups in total. The average Bonchev–Trinajstić information content (AvgIpc) is 3.28. The van der Waals surface area contributed by atoms with Gasteiger partial charge in [-0.25, -0.2) is 0 Å². The summed E-state index contributed by atoms with van der Waals surface area (Å²) in [5.74, 6) is -0.210. The van der Waals surface area contributed by atoms with Crippen LogP contribution in [0.2, 0.25) is 0 Å². The summed E-state index contributed by atoms with van der Waals surface area (Å²) >= 11 is 1.32. The van der Waals surface area contributed by atoms with Crippen molar-refractivity contribution in [2.24, 2.45) is 0 Å². The maximum absolute atomic E-state index is 13.1. The number of methoxy groups -OCH3 is 1. The molecule has 0 bridgehead atoms. The normalized spacial score (nSPS) is 12.6. The standard InChI is InChI=1S/C26H22F3NO3S/c1-33-12-11-30-25(32)19-8-2-5-16(13-19)21-10-4-7-18-15-22(34-24(18)21)23(31)17-6-3-9-20(14-17)26(27,28)29/h2-10,13-15,23,31H,11-12H2,1H3,(H,30,32). The van der Waals surface area contributed by atoms with E-state index in [0.29, 0.717) is 23.6 Å². The highest BCUT2D eigenvalue weighted by Crippen LogP contribution is 2.40. The molecule has 0 aliphatic rings. The molecular weight excluding hydrogens is 463 g/mol. The van der Waals surface area contributed by atoms with Gasteiger partial charge in [0.1, 0.15) is 6.10 Å². The number of hydrogen-bond acceptors (Lipinski definition) is 4. The first kappa shape index (κ1) is 23.9. The van der Waals surface area contributed by atoms with E-state index in [9.17, 15) is 23.1 Å². The lowest BCUT2D eigenvalue weighted by molar-refractivity contribution is -0.137. The molecule has 0 aliphatic heterocycles. The second-order valence-corrected chi connectivity index (χ2v) is 8.81. The maximum Gasteiger partial charge on any atom is 0.416 e. The highest BCUT2D eigenvalue weighted by molar-refractivity contribution is 7.19. The zero-order valence-electron chi connectivity index (χ0n) is 18.2. The van der Waals surface area contributed by atoms with Gasteiger partial charge in [-0.2, -0.15) is 13.2 Å². The van der Waals surface area contributed by atoms with Crippen molar-refractivity contribution >= 4 is 27.3 Å². The van der Waals surface area contributed by atoms with Gasteiger partial charge in [-0.3, -0.25) is 4.79 Å². The fourth-order valence-electron chi connectivity index (χ4n) is 3.69. The van der Waals surface area contributed by atoms with E-state index in [4.69, 9.17) is 4.74 Å². The Kier molecular flexibility index (Phi) is 7.02. The third-order valence-electron chi connectivity index (χ3n) is 5.39. The number of amides is 1. The number of hydrogen-bond donors (Lipinski definition) is 2. The van der Waals surface area contributed by atoms with Gasteiger partial charge in [0.25, 0.3) is 5.91 Å². The molecule has 0 aliphatic carbocycles. The number of fused-ring (bicyclic) bond motifs is 1. The largest absolute Gasteiger partial charge is 0.416 e. The van der Waals surface area contributed by atoms with Crippen LogP contribution < -0.4 is 5.32 Å². The van der Waals surface area contributed by atoms with Crippen LogP contribution in [0, 0.1) is 0 Å². The van der Waals surface area contributed by atoms with E-state index < -0.39 is 17.8 Å². The van der Waals surface area contributed by atoms with Crippen molar-refractivity contribution in [2.45, 2.75) is 12.3 Å². The van der Waals surface area contributed by atoms with Gasteiger partial charge in [-0.05, 0) is 52.4 Å². The Balaban J connectivity index is 1.67. The predicted octanol–water partition coefficient (Wildman–Crippen LogP) is 6.05. The molecule has 1 unspecified atom stereocenters. The zero-order valence-corrected chi connectivity index (χ0v) is 19.0. The molecule has 4 nitrogen and oxygen atoms in total. The molecule has 8 heteroatoms. The molecule has 1 aromatic heterocycles. The monoisotopic (exact) mass is 485 g/mol. The quantitative estimate of drug-likeness (QED) is 0.314. The van der Waals surface area contributed by atoms with E-state index in [1.165, 1.54) is 23.5 Å². The third-order valence-corrected chi connectivity index (χ3v) is 6.63. The Bertz CT molecular complexity index is 1320. The molecule has 3 aromatic carbocycles. The summed E-state index contributed by atoms with van der Waals surface area (Å²) in [6.07, 6.45) is -5.67. The summed E-state index contributed by atoms with van der Waals surface area (Å²) in [4.78, 5) is 13.0. The maximum atomic E-state index is 13.1. The Hall–Kier alpha value is -3.20. The lowest BCUT2D eigenvalue weighted by Gasteiger charge is -2.12. The van der Waals surface area contributed by atoms with Gasteiger partial charge in [-0.15, -0.1) is 11.3 Å². The predicted molar refractivity (Wildman–Crippen MR) is 127 cm³/mol. The number of carbonyl (C=O) groups excluding carboxylic acids is 1. The highest BCUT2D eigenvalue weighted by atomic mass is 32.1. The third kappa shape index (κ3) is 5.14. The van der Waals surface area contributed by atoms with Crippen LogP contribution in [0.25, 0.3) is 21.2 Å². The van der Waals surface area contributed by atoms with E-state index in [1.807, 2.05) is 24.3 Å². The summed E-state index contributed by atoms with van der Waals surface area (Å²) < 4.78 is 45.1. The number of ether oxygens (including phenoxy) is 1. The number of aliphatic hydroxyl groups is 1. The van der Waals surface area contributed by atoms with Crippen LogP contribution in [-0.2, 0) is 10.9 Å². The summed E-state index contributed by atoms with van der Waals surface area (Å²) in [6.45, 7) is 0.813. The highest BCUT2D eigenvalue weighted by Gasteiger charge is 2.31. The van der Waals surface area contributed by atoms with Gasteiger partial charge < -0.3 is 15.2 Å². The molecule has 0 fully saturated rings. The molecule has 0 saturated carbocycles. The van der Waals surface area contributed by atoms with E-state index in [2.05, 4.69) is 5.32 Å². The summed E-state index contributed by atoms with van der Waals surface area (Å²) in [6, 6.07) is 19.4. The molecule has 4 aromatic rings. The molecule has 1 atom stereocenters. The zero-order chi connectivity index (χ0) is 24.3. The molecule has 0 saturated heterocycles. The minimum absolute atomic E-state index is 0.178. The molecule has 176 valence electrons. The molecule has 4 rings (SSSR count). The van der Waals surface area contributed by atoms with E-state index in [0.717, 1.165) is 33.3 Å². The van der Waals surface area contributed by atoms with Crippen LogP contribution >= 0.6 is 11.3 Å². The number of rotatable bonds is 7. The van der Waals surface area contributed by atoms with Gasteiger partial charge in [-0.1, -0.05) is 42.5 Å². The van der Waals surface area contributed by atoms with Crippen LogP contribution in [0.3, 0.4) is 0 Å². The molecule has 0 radical (unpaired) electrons. The van der Waals surface area contributed by atoms with Crippen LogP contribution in [0.15, 0.2) is 72.8 Å². The topological polar surface area (TPSA) is 58.6 Å². The second-order valence-electron chi connectivity index (χ2n) is 7.73. The van der Waals surface area contributed by atoms with Crippen LogP contribution in [0.1, 0.15) is 32.5 Å². The van der Waals surface area contributed by atoms with E-state index >= 15 is 0 Å². The number of alkyl halides is 3. The average molecular weight is 486 g/mol. The van der Waals surface area contributed by atoms with Crippen LogP contribution in [-0.4, -0.2) is 31.3 Å². The molecule has 0 spiro atoms. The summed E-state index contributed by atoms with van der Waals surface area (Å²) in [5.41, 5.74) is 1.58. The Morgan fingerprint density at radius 1 is 1.06 bits per heavy atom. The summed E-state index contributed by atoms with van der Waals surface area (Å²) in [5, 5.41) is 14.5. The van der Waals surface area contributed by atoms with Crippen molar-refractivity contribution < 1.29 is 27.8 Å². The molecular formula is C26H22F3NO3S. The molecule has 1 heterocycles. The fraction of sp³-hybridized carbons (Fsp3) is 0.192. The minimum Gasteiger partial charge on any atom is -0.383 e. The number of nitrogens with one attached hydrogen (secondary N) is 1. The first-order valence-corrected chi connectivity index (χ1v) is 11.3. The van der Waals surface area contributed by atoms with Crippen molar-refractivity contribution in [1.82, 2.24) is 5.32 Å². The lowest BCUT2D eigenvalue weighted by atomic mass is 10.0. The SMILES string of the molecule is COCCNC(=O)c1cccc(-c2cccc3cc(C(O)c4cccc(C(F)(F)F)c4)sc23)c1. The van der Waals surface area contributed by atoms with Gasteiger partial charge in [0.15, 0.2) is 0 Å². The minimum atomic E-state index is -4.48. The summed E-state index contributed by atoms with van der Waals surface area (Å²) in [7, 11) is 1.56. The number of aliphatic hydroxyl groups excluding tert-OH is 1. The van der Waals surface area contributed by atoms with Crippen LogP contribution in [0.5, 0.6) is 0 Å². The van der Waals surface area contributed by atoms with E-state index in [-0.39, 0.29) is 11.5 Å². The fourth-order valence-corrected chi connectivity index (χ4v) is 4.90.